The van der Waals surface area contributed by atoms with Crippen LogP contribution in [0.3, 0.4) is 0 Å². The molecule has 0 aliphatic rings. The predicted octanol–water partition coefficient (Wildman–Crippen LogP) is 13.0. The van der Waals surface area contributed by atoms with Crippen LogP contribution >= 0.6 is 34.1 Å². The first-order valence-corrected chi connectivity index (χ1v) is 40.2. The van der Waals surface area contributed by atoms with Crippen LogP contribution in [0.1, 0.15) is 22.3 Å². The van der Waals surface area contributed by atoms with E-state index >= 15 is 0 Å². The van der Waals surface area contributed by atoms with Crippen molar-refractivity contribution < 1.29 is 0 Å². The molecule has 0 nitrogen and oxygen atoms in total. The van der Waals surface area contributed by atoms with Gasteiger partial charge in [0.15, 0.2) is 0 Å². The molecule has 5 aromatic carbocycles. The van der Waals surface area contributed by atoms with Crippen LogP contribution in [-0.2, 0) is 0 Å². The minimum atomic E-state index is -2.42. The molecule has 0 atom stereocenters. The molecule has 6 heteroatoms. The van der Waals surface area contributed by atoms with Gasteiger partial charge in [0.2, 0.25) is 0 Å². The predicted molar refractivity (Wildman–Crippen MR) is 243 cm³/mol. The van der Waals surface area contributed by atoms with Crippen LogP contribution in [0.5, 0.6) is 0 Å². The second-order valence-electron chi connectivity index (χ2n) is 11.1. The number of rotatable bonds is 18. The Morgan fingerprint density at radius 1 is 0.308 bits per heavy atom. The summed E-state index contributed by atoms with van der Waals surface area (Å²) in [7, 11) is 8.39. The molecule has 0 N–H and O–H groups in total. The van der Waals surface area contributed by atoms with Gasteiger partial charge in [0.1, 0.15) is 0 Å². The van der Waals surface area contributed by atoms with E-state index in [1.165, 1.54) is 48.4 Å². The van der Waals surface area contributed by atoms with E-state index < -0.39 is 37.6 Å². The Bertz CT molecular complexity index is 1750. The maximum atomic E-state index is 3.81. The van der Waals surface area contributed by atoms with Gasteiger partial charge in [-0.3, -0.25) is 0 Å². The third-order valence-electron chi connectivity index (χ3n) is 7.24. The third-order valence-corrected chi connectivity index (χ3v) is 48.3. The summed E-state index contributed by atoms with van der Waals surface area (Å²) in [5.41, 5.74) is 4.76. The van der Waals surface area contributed by atoms with Gasteiger partial charge < -0.3 is 0 Å². The van der Waals surface area contributed by atoms with Crippen molar-refractivity contribution in [3.63, 3.8) is 0 Å². The van der Waals surface area contributed by atoms with Crippen LogP contribution < -0.4 is 6.54 Å². The van der Waals surface area contributed by atoms with Crippen molar-refractivity contribution in [2.75, 3.05) is 0 Å². The SMILES string of the molecule is C=CC=Cc1ccc([S][Bi]([S]c2ccc(C=CC=C)cc2)[c]2cc[c]([Bi]([S]c3ccc(C=CC=C)cc3)[S]c3ccc(C=CC=C)cc3)cc2)cc1. The molecule has 0 aliphatic heterocycles. The van der Waals surface area contributed by atoms with Crippen LogP contribution in [-0.4, -0.2) is 37.6 Å². The molecule has 0 amide bonds. The molecule has 0 saturated carbocycles. The molecule has 258 valence electrons. The number of hydrogen-bond acceptors (Lipinski definition) is 4. The topological polar surface area (TPSA) is 0 Å². The molecule has 52 heavy (non-hydrogen) atoms. The second kappa shape index (κ2) is 22.4. The fraction of sp³-hybridized carbons (Fsp3) is 0. The van der Waals surface area contributed by atoms with Crippen molar-refractivity contribution >= 4 is 103 Å². The summed E-state index contributed by atoms with van der Waals surface area (Å²) >= 11 is -4.84. The first-order chi connectivity index (χ1) is 25.6. The van der Waals surface area contributed by atoms with E-state index in [9.17, 15) is 0 Å². The van der Waals surface area contributed by atoms with E-state index in [-0.39, 0.29) is 0 Å². The molecule has 0 unspecified atom stereocenters. The summed E-state index contributed by atoms with van der Waals surface area (Å²) in [6.45, 7) is 15.2. The molecule has 0 spiro atoms. The van der Waals surface area contributed by atoms with Crippen molar-refractivity contribution in [3.05, 3.63) is 219 Å². The fourth-order valence-corrected chi connectivity index (χ4v) is 45.6. The molecule has 0 aromatic heterocycles. The normalized spacial score (nSPS) is 11.7. The van der Waals surface area contributed by atoms with E-state index in [0.29, 0.717) is 0 Å². The van der Waals surface area contributed by atoms with Crippen molar-refractivity contribution in [2.45, 2.75) is 19.6 Å². The first-order valence-electron chi connectivity index (χ1n) is 16.6. The average Bonchev–Trinajstić information content (AvgIpc) is 3.19. The summed E-state index contributed by atoms with van der Waals surface area (Å²) in [5.74, 6) is 0. The van der Waals surface area contributed by atoms with E-state index in [1.54, 1.807) is 0 Å². The van der Waals surface area contributed by atoms with Gasteiger partial charge in [0.25, 0.3) is 0 Å². The number of hydrogen-bond donors (Lipinski definition) is 0. The Labute approximate surface area is 336 Å². The number of allylic oxidation sites excluding steroid dienone is 8. The summed E-state index contributed by atoms with van der Waals surface area (Å²) in [5, 5.41) is 0. The van der Waals surface area contributed by atoms with E-state index in [2.05, 4.69) is 206 Å². The molecule has 0 saturated heterocycles. The summed E-state index contributed by atoms with van der Waals surface area (Å²) < 4.78 is 3.02. The summed E-state index contributed by atoms with van der Waals surface area (Å²) in [6.07, 6.45) is 23.6. The molecule has 5 rings (SSSR count). The third kappa shape index (κ3) is 13.2. The van der Waals surface area contributed by atoms with Crippen LogP contribution in [0, 0.1) is 0 Å². The molecular weight excluding hydrogens is 1100 g/mol. The monoisotopic (exact) mass is 1140 g/mol. The second-order valence-corrected chi connectivity index (χ2v) is 47.1. The minimum absolute atomic E-state index is 1.19. The Kier molecular flexibility index (Phi) is 17.4. The Morgan fingerprint density at radius 2 is 0.519 bits per heavy atom. The quantitative estimate of drug-likeness (QED) is 0.0633. The van der Waals surface area contributed by atoms with Crippen LogP contribution in [0.2, 0.25) is 0 Å². The van der Waals surface area contributed by atoms with Gasteiger partial charge in [-0.15, -0.1) is 0 Å². The standard InChI is InChI=1S/4C10H10S.C6H4.2Bi/c4*1-2-3-4-9-5-7-10(11)8-6-9;1-2-4-6-5-3-1;;/h4*2-8,11H,1H2;1-2,5-6H;;/q;;;;;2*+2/p-4. The molecule has 5 aromatic rings. The van der Waals surface area contributed by atoms with Gasteiger partial charge in [-0.25, -0.2) is 0 Å². The Hall–Kier alpha value is -2.81. The van der Waals surface area contributed by atoms with Gasteiger partial charge in [-0.1, -0.05) is 0 Å². The maximum absolute atomic E-state index is 3.81. The Morgan fingerprint density at radius 3 is 0.712 bits per heavy atom. The van der Waals surface area contributed by atoms with Gasteiger partial charge in [0.05, 0.1) is 0 Å². The molecule has 0 aliphatic carbocycles. The van der Waals surface area contributed by atoms with Crippen LogP contribution in [0.25, 0.3) is 24.3 Å². The fourth-order valence-electron chi connectivity index (χ4n) is 4.60. The van der Waals surface area contributed by atoms with Crippen molar-refractivity contribution in [1.82, 2.24) is 0 Å². The van der Waals surface area contributed by atoms with Gasteiger partial charge in [-0.05, 0) is 0 Å². The molecular formula is C46H40Bi2S4. The Balaban J connectivity index is 1.43. The zero-order valence-corrected chi connectivity index (χ0v) is 39.1. The van der Waals surface area contributed by atoms with Crippen molar-refractivity contribution in [2.24, 2.45) is 0 Å². The van der Waals surface area contributed by atoms with Gasteiger partial charge >= 0.3 is 341 Å². The van der Waals surface area contributed by atoms with Gasteiger partial charge in [-0.2, -0.15) is 0 Å². The van der Waals surface area contributed by atoms with Crippen LogP contribution in [0.4, 0.5) is 0 Å². The zero-order chi connectivity index (χ0) is 36.4. The van der Waals surface area contributed by atoms with Gasteiger partial charge in [0, 0.05) is 0 Å². The van der Waals surface area contributed by atoms with E-state index in [1.807, 2.05) is 48.6 Å². The van der Waals surface area contributed by atoms with Crippen molar-refractivity contribution in [3.8, 4) is 0 Å². The summed E-state index contributed by atoms with van der Waals surface area (Å²) in [4.78, 5) is 5.32. The molecule has 0 bridgehead atoms. The van der Waals surface area contributed by atoms with Crippen LogP contribution in [0.15, 0.2) is 216 Å². The molecule has 0 radical (unpaired) electrons. The van der Waals surface area contributed by atoms with E-state index in [4.69, 9.17) is 0 Å². The zero-order valence-electron chi connectivity index (χ0n) is 28.8. The summed E-state index contributed by atoms with van der Waals surface area (Å²) in [6, 6.07) is 45.6. The number of benzene rings is 5. The van der Waals surface area contributed by atoms with E-state index in [0.717, 1.165) is 0 Å². The molecule has 0 fully saturated rings. The molecule has 0 heterocycles. The first kappa shape index (κ1) is 40.4. The average molecular weight is 1140 g/mol. The van der Waals surface area contributed by atoms with Crippen molar-refractivity contribution in [1.29, 1.82) is 0 Å².